The van der Waals surface area contributed by atoms with Crippen molar-refractivity contribution < 1.29 is 9.59 Å². The number of aryl methyl sites for hydroxylation is 1. The van der Waals surface area contributed by atoms with Crippen LogP contribution in [0.25, 0.3) is 0 Å². The Labute approximate surface area is 91.1 Å². The Morgan fingerprint density at radius 3 is 3.00 bits per heavy atom. The van der Waals surface area contributed by atoms with Crippen LogP contribution in [0.2, 0.25) is 0 Å². The average molecular weight is 225 g/mol. The number of amides is 3. The first-order valence-corrected chi connectivity index (χ1v) is 5.52. The summed E-state index contributed by atoms with van der Waals surface area (Å²) < 4.78 is 0. The van der Waals surface area contributed by atoms with Crippen molar-refractivity contribution in [2.24, 2.45) is 0 Å². The monoisotopic (exact) mass is 225 g/mol. The van der Waals surface area contributed by atoms with E-state index in [0.29, 0.717) is 19.5 Å². The molecule has 15 heavy (non-hydrogen) atoms. The predicted octanol–water partition coefficient (Wildman–Crippen LogP) is 0.893. The lowest BCUT2D eigenvalue weighted by Gasteiger charge is -2.25. The average Bonchev–Trinajstić information content (AvgIpc) is 2.57. The number of nitrogens with one attached hydrogen (secondary N) is 1. The van der Waals surface area contributed by atoms with Crippen LogP contribution in [0.1, 0.15) is 17.0 Å². The number of carbonyl (C=O) groups is 2. The van der Waals surface area contributed by atoms with Crippen LogP contribution >= 0.6 is 11.3 Å². The second-order valence-corrected chi connectivity index (χ2v) is 4.33. The molecule has 0 bridgehead atoms. The Kier molecular flexibility index (Phi) is 2.68. The third kappa shape index (κ3) is 2.15. The van der Waals surface area contributed by atoms with Gasteiger partial charge in [-0.05, 0) is 6.92 Å². The van der Waals surface area contributed by atoms with Crippen LogP contribution in [0.3, 0.4) is 0 Å². The molecular formula is C9H11N3O2S. The largest absolute Gasteiger partial charge is 0.324 e. The van der Waals surface area contributed by atoms with Gasteiger partial charge in [0.15, 0.2) is 0 Å². The maximum Gasteiger partial charge on any atom is 0.324 e. The highest BCUT2D eigenvalue weighted by Gasteiger charge is 2.23. The van der Waals surface area contributed by atoms with Crippen LogP contribution < -0.4 is 5.32 Å². The Balaban J connectivity index is 2.04. The van der Waals surface area contributed by atoms with E-state index in [1.54, 1.807) is 10.4 Å². The molecule has 80 valence electrons. The van der Waals surface area contributed by atoms with Crippen molar-refractivity contribution in [1.29, 1.82) is 0 Å². The van der Waals surface area contributed by atoms with E-state index in [9.17, 15) is 9.59 Å². The van der Waals surface area contributed by atoms with Crippen LogP contribution in [0, 0.1) is 6.92 Å². The topological polar surface area (TPSA) is 62.3 Å². The van der Waals surface area contributed by atoms with E-state index in [-0.39, 0.29) is 11.9 Å². The number of carbonyl (C=O) groups excluding carboxylic acids is 2. The number of aromatic nitrogens is 1. The number of nitrogens with zero attached hydrogens (tertiary/aromatic N) is 2. The molecule has 1 aliphatic heterocycles. The molecule has 0 saturated carbocycles. The molecule has 1 saturated heterocycles. The number of rotatable bonds is 2. The van der Waals surface area contributed by atoms with Crippen LogP contribution in [-0.4, -0.2) is 28.4 Å². The molecule has 0 aliphatic carbocycles. The molecule has 0 unspecified atom stereocenters. The molecule has 2 heterocycles. The summed E-state index contributed by atoms with van der Waals surface area (Å²) in [5.74, 6) is -0.197. The smallest absolute Gasteiger partial charge is 0.319 e. The highest BCUT2D eigenvalue weighted by atomic mass is 32.1. The van der Waals surface area contributed by atoms with E-state index in [2.05, 4.69) is 10.3 Å². The summed E-state index contributed by atoms with van der Waals surface area (Å²) >= 11 is 1.53. The molecule has 1 N–H and O–H groups in total. The molecule has 3 amide bonds. The van der Waals surface area contributed by atoms with Crippen LogP contribution in [0.15, 0.2) is 5.51 Å². The molecule has 1 aromatic heterocycles. The van der Waals surface area contributed by atoms with Crippen molar-refractivity contribution in [2.75, 3.05) is 6.54 Å². The molecule has 0 atom stereocenters. The van der Waals surface area contributed by atoms with Gasteiger partial charge in [-0.3, -0.25) is 10.1 Å². The second-order valence-electron chi connectivity index (χ2n) is 3.39. The number of hydrogen-bond donors (Lipinski definition) is 1. The molecule has 2 rings (SSSR count). The molecule has 0 spiro atoms. The Bertz CT molecular complexity index is 402. The van der Waals surface area contributed by atoms with Gasteiger partial charge in [0.25, 0.3) is 0 Å². The molecule has 1 aliphatic rings. The lowest BCUT2D eigenvalue weighted by atomic mass is 10.3. The first-order valence-electron chi connectivity index (χ1n) is 4.64. The van der Waals surface area contributed by atoms with Gasteiger partial charge in [0.05, 0.1) is 17.7 Å². The molecule has 0 radical (unpaired) electrons. The van der Waals surface area contributed by atoms with Crippen molar-refractivity contribution in [1.82, 2.24) is 15.2 Å². The van der Waals surface area contributed by atoms with Gasteiger partial charge in [-0.1, -0.05) is 0 Å². The Morgan fingerprint density at radius 1 is 1.60 bits per heavy atom. The molecule has 1 fully saturated rings. The summed E-state index contributed by atoms with van der Waals surface area (Å²) in [5, 5.41) is 2.29. The van der Waals surface area contributed by atoms with E-state index in [1.165, 1.54) is 11.3 Å². The van der Waals surface area contributed by atoms with Crippen LogP contribution in [0.4, 0.5) is 4.79 Å². The van der Waals surface area contributed by atoms with Gasteiger partial charge < -0.3 is 4.90 Å². The van der Waals surface area contributed by atoms with Gasteiger partial charge in [0.1, 0.15) is 0 Å². The third-order valence-corrected chi connectivity index (χ3v) is 3.24. The molecule has 5 nitrogen and oxygen atoms in total. The normalized spacial score (nSPS) is 16.7. The number of urea groups is 1. The number of thiazole rings is 1. The minimum atomic E-state index is -0.306. The second kappa shape index (κ2) is 3.98. The van der Waals surface area contributed by atoms with E-state index in [1.807, 2.05) is 6.92 Å². The van der Waals surface area contributed by atoms with Gasteiger partial charge in [0, 0.05) is 17.8 Å². The zero-order chi connectivity index (χ0) is 10.8. The predicted molar refractivity (Wildman–Crippen MR) is 55.4 cm³/mol. The van der Waals surface area contributed by atoms with Crippen molar-refractivity contribution in [2.45, 2.75) is 19.9 Å². The Morgan fingerprint density at radius 2 is 2.40 bits per heavy atom. The van der Waals surface area contributed by atoms with Gasteiger partial charge in [-0.15, -0.1) is 11.3 Å². The summed E-state index contributed by atoms with van der Waals surface area (Å²) in [6.07, 6.45) is 0.379. The standard InChI is InChI=1S/C9H11N3O2S/c1-6-7(15-5-10-6)4-12-3-2-8(13)11-9(12)14/h5H,2-4H2,1H3,(H,11,13,14). The summed E-state index contributed by atoms with van der Waals surface area (Å²) in [5.41, 5.74) is 2.71. The third-order valence-electron chi connectivity index (χ3n) is 2.32. The number of imide groups is 1. The van der Waals surface area contributed by atoms with Gasteiger partial charge in [0.2, 0.25) is 5.91 Å². The minimum Gasteiger partial charge on any atom is -0.319 e. The maximum atomic E-state index is 11.4. The fraction of sp³-hybridized carbons (Fsp3) is 0.444. The molecule has 1 aromatic rings. The van der Waals surface area contributed by atoms with Crippen molar-refractivity contribution in [3.63, 3.8) is 0 Å². The van der Waals surface area contributed by atoms with E-state index >= 15 is 0 Å². The SMILES string of the molecule is Cc1ncsc1CN1CCC(=O)NC1=O. The van der Waals surface area contributed by atoms with E-state index < -0.39 is 0 Å². The van der Waals surface area contributed by atoms with Gasteiger partial charge in [-0.2, -0.15) is 0 Å². The van der Waals surface area contributed by atoms with Crippen LogP contribution in [0.5, 0.6) is 0 Å². The summed E-state index contributed by atoms with van der Waals surface area (Å²) in [7, 11) is 0. The van der Waals surface area contributed by atoms with Crippen molar-refractivity contribution in [3.8, 4) is 0 Å². The molecule has 0 aromatic carbocycles. The van der Waals surface area contributed by atoms with E-state index in [0.717, 1.165) is 10.6 Å². The highest BCUT2D eigenvalue weighted by molar-refractivity contribution is 7.09. The number of hydrogen-bond acceptors (Lipinski definition) is 4. The first kappa shape index (κ1) is 10.1. The zero-order valence-electron chi connectivity index (χ0n) is 8.32. The first-order chi connectivity index (χ1) is 7.16. The van der Waals surface area contributed by atoms with Gasteiger partial charge >= 0.3 is 6.03 Å². The van der Waals surface area contributed by atoms with Crippen molar-refractivity contribution in [3.05, 3.63) is 16.1 Å². The summed E-state index contributed by atoms with van der Waals surface area (Å²) in [6.45, 7) is 2.94. The minimum absolute atomic E-state index is 0.197. The quantitative estimate of drug-likeness (QED) is 0.813. The lowest BCUT2D eigenvalue weighted by Crippen LogP contribution is -2.48. The van der Waals surface area contributed by atoms with E-state index in [4.69, 9.17) is 0 Å². The maximum absolute atomic E-state index is 11.4. The zero-order valence-corrected chi connectivity index (χ0v) is 9.13. The Hall–Kier alpha value is -1.43. The molecular weight excluding hydrogens is 214 g/mol. The summed E-state index contributed by atoms with van der Waals surface area (Å²) in [6, 6.07) is -0.306. The lowest BCUT2D eigenvalue weighted by molar-refractivity contribution is -0.121. The summed E-state index contributed by atoms with van der Waals surface area (Å²) in [4.78, 5) is 29.2. The highest BCUT2D eigenvalue weighted by Crippen LogP contribution is 2.16. The fourth-order valence-electron chi connectivity index (χ4n) is 1.40. The molecule has 6 heteroatoms. The van der Waals surface area contributed by atoms with Crippen LogP contribution in [-0.2, 0) is 11.3 Å². The fourth-order valence-corrected chi connectivity index (χ4v) is 2.19. The van der Waals surface area contributed by atoms with Crippen molar-refractivity contribution >= 4 is 23.3 Å². The van der Waals surface area contributed by atoms with Gasteiger partial charge in [-0.25, -0.2) is 9.78 Å².